The summed E-state index contributed by atoms with van der Waals surface area (Å²) in [6.07, 6.45) is 1.22. The van der Waals surface area contributed by atoms with E-state index in [0.717, 1.165) is 17.7 Å². The number of carbonyl (C=O) groups is 1. The number of carbonyl (C=O) groups excluding carboxylic acids is 1. The lowest BCUT2D eigenvalue weighted by Gasteiger charge is -2.08. The van der Waals surface area contributed by atoms with Crippen molar-refractivity contribution in [1.29, 1.82) is 0 Å². The molecule has 1 heterocycles. The Balaban J connectivity index is 1.61. The standard InChI is InChI=1S/C16H19NO2S/c1-13-6-2-3-8-15(13)19-10-4-9-16(18)17-12-14-7-5-11-20-14/h2-3,5-8,11H,4,9-10,12H2,1H3,(H,17,18). The summed E-state index contributed by atoms with van der Waals surface area (Å²) in [5.41, 5.74) is 1.12. The number of hydrogen-bond donors (Lipinski definition) is 1. The largest absolute Gasteiger partial charge is 0.493 e. The maximum atomic E-state index is 11.7. The fraction of sp³-hybridized carbons (Fsp3) is 0.312. The molecule has 0 aliphatic heterocycles. The number of hydrogen-bond acceptors (Lipinski definition) is 3. The fourth-order valence-corrected chi connectivity index (χ4v) is 2.47. The Hall–Kier alpha value is -1.81. The molecule has 0 fully saturated rings. The van der Waals surface area contributed by atoms with Gasteiger partial charge in [-0.2, -0.15) is 0 Å². The molecule has 0 saturated carbocycles. The van der Waals surface area contributed by atoms with Crippen molar-refractivity contribution in [1.82, 2.24) is 5.32 Å². The fourth-order valence-electron chi connectivity index (χ4n) is 1.82. The Labute approximate surface area is 123 Å². The Kier molecular flexibility index (Phi) is 5.62. The van der Waals surface area contributed by atoms with Crippen molar-refractivity contribution in [3.63, 3.8) is 0 Å². The van der Waals surface area contributed by atoms with Crippen LogP contribution in [0.25, 0.3) is 0 Å². The molecule has 2 aromatic rings. The van der Waals surface area contributed by atoms with E-state index >= 15 is 0 Å². The van der Waals surface area contributed by atoms with Gasteiger partial charge >= 0.3 is 0 Å². The van der Waals surface area contributed by atoms with Crippen LogP contribution in [0.15, 0.2) is 41.8 Å². The Morgan fingerprint density at radius 3 is 2.85 bits per heavy atom. The summed E-state index contributed by atoms with van der Waals surface area (Å²) in [6.45, 7) is 3.20. The lowest BCUT2D eigenvalue weighted by Crippen LogP contribution is -2.22. The molecule has 20 heavy (non-hydrogen) atoms. The van der Waals surface area contributed by atoms with Gasteiger partial charge in [-0.15, -0.1) is 11.3 Å². The molecule has 0 unspecified atom stereocenters. The Bertz CT molecular complexity index is 537. The highest BCUT2D eigenvalue weighted by Crippen LogP contribution is 2.16. The van der Waals surface area contributed by atoms with Gasteiger partial charge in [0.2, 0.25) is 5.91 Å². The smallest absolute Gasteiger partial charge is 0.220 e. The predicted octanol–water partition coefficient (Wildman–Crippen LogP) is 3.53. The molecule has 106 valence electrons. The zero-order chi connectivity index (χ0) is 14.2. The van der Waals surface area contributed by atoms with Gasteiger partial charge in [0, 0.05) is 11.3 Å². The first-order valence-corrected chi connectivity index (χ1v) is 7.61. The zero-order valence-electron chi connectivity index (χ0n) is 11.6. The molecule has 0 aliphatic rings. The van der Waals surface area contributed by atoms with Gasteiger partial charge in [0.15, 0.2) is 0 Å². The van der Waals surface area contributed by atoms with Crippen LogP contribution in [-0.4, -0.2) is 12.5 Å². The molecule has 0 saturated heterocycles. The second-order valence-corrected chi connectivity index (χ2v) is 5.61. The van der Waals surface area contributed by atoms with Gasteiger partial charge in [0.25, 0.3) is 0 Å². The quantitative estimate of drug-likeness (QED) is 0.792. The van der Waals surface area contributed by atoms with E-state index in [2.05, 4.69) is 5.32 Å². The number of nitrogens with one attached hydrogen (secondary N) is 1. The summed E-state index contributed by atoms with van der Waals surface area (Å²) in [5.74, 6) is 0.971. The maximum absolute atomic E-state index is 11.7. The highest BCUT2D eigenvalue weighted by Gasteiger charge is 2.03. The summed E-state index contributed by atoms with van der Waals surface area (Å²) in [6, 6.07) is 11.9. The molecule has 2 rings (SSSR count). The third-order valence-electron chi connectivity index (χ3n) is 2.94. The number of benzene rings is 1. The van der Waals surface area contributed by atoms with E-state index in [4.69, 9.17) is 4.74 Å². The summed E-state index contributed by atoms with van der Waals surface area (Å²) in [7, 11) is 0. The number of aryl methyl sites for hydroxylation is 1. The SMILES string of the molecule is Cc1ccccc1OCCCC(=O)NCc1cccs1. The summed E-state index contributed by atoms with van der Waals surface area (Å²) >= 11 is 1.65. The van der Waals surface area contributed by atoms with Crippen molar-refractivity contribution in [3.05, 3.63) is 52.2 Å². The van der Waals surface area contributed by atoms with Gasteiger partial charge in [0.1, 0.15) is 5.75 Å². The average Bonchev–Trinajstić information content (AvgIpc) is 2.96. The lowest BCUT2D eigenvalue weighted by molar-refractivity contribution is -0.121. The normalized spacial score (nSPS) is 10.2. The molecule has 0 radical (unpaired) electrons. The van der Waals surface area contributed by atoms with Crippen LogP contribution in [0.3, 0.4) is 0 Å². The number of para-hydroxylation sites is 1. The number of rotatable bonds is 7. The van der Waals surface area contributed by atoms with Gasteiger partial charge in [-0.25, -0.2) is 0 Å². The first-order valence-electron chi connectivity index (χ1n) is 6.73. The van der Waals surface area contributed by atoms with E-state index in [-0.39, 0.29) is 5.91 Å². The third kappa shape index (κ3) is 4.70. The number of thiophene rings is 1. The van der Waals surface area contributed by atoms with Crippen LogP contribution in [0, 0.1) is 6.92 Å². The molecule has 4 heteroatoms. The highest BCUT2D eigenvalue weighted by atomic mass is 32.1. The summed E-state index contributed by atoms with van der Waals surface area (Å²) in [5, 5.41) is 4.92. The molecule has 3 nitrogen and oxygen atoms in total. The second kappa shape index (κ2) is 7.70. The summed E-state index contributed by atoms with van der Waals surface area (Å²) < 4.78 is 5.66. The van der Waals surface area contributed by atoms with E-state index in [1.165, 1.54) is 4.88 Å². The van der Waals surface area contributed by atoms with Crippen LogP contribution < -0.4 is 10.1 Å². The van der Waals surface area contributed by atoms with Gasteiger partial charge < -0.3 is 10.1 Å². The molecule has 1 amide bonds. The van der Waals surface area contributed by atoms with Gasteiger partial charge in [-0.05, 0) is 36.4 Å². The minimum Gasteiger partial charge on any atom is -0.493 e. The highest BCUT2D eigenvalue weighted by molar-refractivity contribution is 7.09. The van der Waals surface area contributed by atoms with Gasteiger partial charge in [-0.3, -0.25) is 4.79 Å². The van der Waals surface area contributed by atoms with Crippen molar-refractivity contribution in [2.24, 2.45) is 0 Å². The molecule has 0 spiro atoms. The van der Waals surface area contributed by atoms with Gasteiger partial charge in [-0.1, -0.05) is 24.3 Å². The first-order chi connectivity index (χ1) is 9.75. The van der Waals surface area contributed by atoms with Crippen LogP contribution in [0.2, 0.25) is 0 Å². The molecular weight excluding hydrogens is 270 g/mol. The average molecular weight is 289 g/mol. The molecule has 1 aromatic carbocycles. The van der Waals surface area contributed by atoms with Crippen molar-refractivity contribution < 1.29 is 9.53 Å². The Morgan fingerprint density at radius 2 is 2.10 bits per heavy atom. The van der Waals surface area contributed by atoms with Crippen molar-refractivity contribution in [2.45, 2.75) is 26.3 Å². The zero-order valence-corrected chi connectivity index (χ0v) is 12.4. The van der Waals surface area contributed by atoms with Crippen LogP contribution in [0.4, 0.5) is 0 Å². The lowest BCUT2D eigenvalue weighted by atomic mass is 10.2. The monoisotopic (exact) mass is 289 g/mol. The maximum Gasteiger partial charge on any atom is 0.220 e. The minimum absolute atomic E-state index is 0.0757. The molecule has 1 aromatic heterocycles. The van der Waals surface area contributed by atoms with E-state index in [1.807, 2.05) is 48.7 Å². The van der Waals surface area contributed by atoms with E-state index in [1.54, 1.807) is 11.3 Å². The minimum atomic E-state index is 0.0757. The van der Waals surface area contributed by atoms with Crippen molar-refractivity contribution in [2.75, 3.05) is 6.61 Å². The van der Waals surface area contributed by atoms with Crippen LogP contribution >= 0.6 is 11.3 Å². The van der Waals surface area contributed by atoms with Crippen LogP contribution in [0.1, 0.15) is 23.3 Å². The number of ether oxygens (including phenoxy) is 1. The van der Waals surface area contributed by atoms with Crippen molar-refractivity contribution in [3.8, 4) is 5.75 Å². The molecule has 0 aliphatic carbocycles. The first kappa shape index (κ1) is 14.6. The molecule has 0 atom stereocenters. The second-order valence-electron chi connectivity index (χ2n) is 4.57. The molecule has 1 N–H and O–H groups in total. The van der Waals surface area contributed by atoms with E-state index in [9.17, 15) is 4.79 Å². The van der Waals surface area contributed by atoms with E-state index < -0.39 is 0 Å². The topological polar surface area (TPSA) is 38.3 Å². The number of amides is 1. The Morgan fingerprint density at radius 1 is 1.25 bits per heavy atom. The third-order valence-corrected chi connectivity index (χ3v) is 3.82. The van der Waals surface area contributed by atoms with Gasteiger partial charge in [0.05, 0.1) is 13.2 Å². The predicted molar refractivity (Wildman–Crippen MR) is 82.1 cm³/mol. The van der Waals surface area contributed by atoms with Crippen LogP contribution in [-0.2, 0) is 11.3 Å². The molecular formula is C16H19NO2S. The summed E-state index contributed by atoms with van der Waals surface area (Å²) in [4.78, 5) is 12.8. The molecule has 0 bridgehead atoms. The van der Waals surface area contributed by atoms with Crippen molar-refractivity contribution >= 4 is 17.2 Å². The van der Waals surface area contributed by atoms with Crippen LogP contribution in [0.5, 0.6) is 5.75 Å². The van der Waals surface area contributed by atoms with E-state index in [0.29, 0.717) is 19.6 Å².